The van der Waals surface area contributed by atoms with E-state index in [1.807, 2.05) is 0 Å². The summed E-state index contributed by atoms with van der Waals surface area (Å²) >= 11 is 4.88. The lowest BCUT2D eigenvalue weighted by Gasteiger charge is -1.99. The minimum absolute atomic E-state index is 0.365. The summed E-state index contributed by atoms with van der Waals surface area (Å²) in [5.41, 5.74) is 0.418. The summed E-state index contributed by atoms with van der Waals surface area (Å²) in [6.07, 6.45) is 0. The monoisotopic (exact) mass is 174 g/mol. The van der Waals surface area contributed by atoms with E-state index in [1.165, 1.54) is 24.3 Å². The van der Waals surface area contributed by atoms with Crippen LogP contribution in [0.5, 0.6) is 0 Å². The van der Waals surface area contributed by atoms with Crippen LogP contribution in [0.15, 0.2) is 24.3 Å². The molecular formula is C6H5BClFO2. The SMILES string of the molecule is OB(OCl)c1ccc(F)cc1. The van der Waals surface area contributed by atoms with Crippen LogP contribution in [0.25, 0.3) is 0 Å². The largest absolute Gasteiger partial charge is 0.508 e. The summed E-state index contributed by atoms with van der Waals surface area (Å²) < 4.78 is 16.4. The molecule has 0 heterocycles. The van der Waals surface area contributed by atoms with Crippen molar-refractivity contribution >= 4 is 24.4 Å². The molecule has 0 aliphatic heterocycles. The van der Waals surface area contributed by atoms with Gasteiger partial charge in [0.25, 0.3) is 0 Å². The van der Waals surface area contributed by atoms with E-state index in [2.05, 4.69) is 4.21 Å². The molecule has 0 aliphatic rings. The van der Waals surface area contributed by atoms with Gasteiger partial charge in [-0.3, -0.25) is 0 Å². The summed E-state index contributed by atoms with van der Waals surface area (Å²) in [6.45, 7) is 0. The Bertz CT molecular complexity index is 229. The fourth-order valence-electron chi connectivity index (χ4n) is 0.679. The quantitative estimate of drug-likeness (QED) is 0.668. The average Bonchev–Trinajstić information content (AvgIpc) is 2.05. The standard InChI is InChI=1S/C6H5BClFO2/c8-11-7(10)5-1-3-6(9)4-2-5/h1-4,10H. The number of hydrogen-bond donors (Lipinski definition) is 1. The van der Waals surface area contributed by atoms with Crippen LogP contribution in [0.3, 0.4) is 0 Å². The molecule has 0 bridgehead atoms. The molecule has 2 nitrogen and oxygen atoms in total. The van der Waals surface area contributed by atoms with Crippen LogP contribution >= 0.6 is 11.9 Å². The van der Waals surface area contributed by atoms with Gasteiger partial charge in [-0.05, 0) is 17.6 Å². The summed E-state index contributed by atoms with van der Waals surface area (Å²) in [5.74, 6) is -0.365. The second kappa shape index (κ2) is 3.71. The molecule has 1 aromatic rings. The number of rotatable bonds is 2. The molecule has 58 valence electrons. The van der Waals surface area contributed by atoms with Crippen molar-refractivity contribution in [3.63, 3.8) is 0 Å². The number of halogens is 2. The Morgan fingerprint density at radius 1 is 1.36 bits per heavy atom. The van der Waals surface area contributed by atoms with Crippen molar-refractivity contribution in [2.45, 2.75) is 0 Å². The smallest absolute Gasteiger partial charge is 0.422 e. The lowest BCUT2D eigenvalue weighted by atomic mass is 9.80. The Kier molecular flexibility index (Phi) is 2.88. The van der Waals surface area contributed by atoms with Crippen LogP contribution in [0.1, 0.15) is 0 Å². The highest BCUT2D eigenvalue weighted by Gasteiger charge is 2.14. The first-order valence-electron chi connectivity index (χ1n) is 2.95. The maximum Gasteiger partial charge on any atom is 0.508 e. The van der Waals surface area contributed by atoms with E-state index in [9.17, 15) is 4.39 Å². The van der Waals surface area contributed by atoms with E-state index < -0.39 is 7.12 Å². The van der Waals surface area contributed by atoms with E-state index >= 15 is 0 Å². The highest BCUT2D eigenvalue weighted by atomic mass is 35.5. The zero-order valence-corrected chi connectivity index (χ0v) is 6.25. The van der Waals surface area contributed by atoms with Gasteiger partial charge < -0.3 is 9.23 Å². The van der Waals surface area contributed by atoms with Crippen molar-refractivity contribution < 1.29 is 13.6 Å². The maximum absolute atomic E-state index is 12.3. The first-order valence-corrected chi connectivity index (χ1v) is 3.26. The van der Waals surface area contributed by atoms with Gasteiger partial charge in [0.15, 0.2) is 0 Å². The normalized spacial score (nSPS) is 9.73. The van der Waals surface area contributed by atoms with Gasteiger partial charge >= 0.3 is 7.12 Å². The molecule has 0 fully saturated rings. The summed E-state index contributed by atoms with van der Waals surface area (Å²) in [4.78, 5) is 0. The molecular weight excluding hydrogens is 169 g/mol. The third kappa shape index (κ3) is 2.18. The molecule has 1 N–H and O–H groups in total. The van der Waals surface area contributed by atoms with Gasteiger partial charge in [-0.25, -0.2) is 4.39 Å². The molecule has 0 unspecified atom stereocenters. The Labute approximate surface area is 68.9 Å². The lowest BCUT2D eigenvalue weighted by molar-refractivity contribution is 0.457. The zero-order chi connectivity index (χ0) is 8.27. The molecule has 0 aliphatic carbocycles. The Balaban J connectivity index is 2.81. The second-order valence-corrected chi connectivity index (χ2v) is 2.17. The predicted molar refractivity (Wildman–Crippen MR) is 40.9 cm³/mol. The molecule has 0 radical (unpaired) electrons. The van der Waals surface area contributed by atoms with E-state index in [1.54, 1.807) is 0 Å². The van der Waals surface area contributed by atoms with Crippen molar-refractivity contribution in [3.8, 4) is 0 Å². The van der Waals surface area contributed by atoms with Crippen molar-refractivity contribution in [2.24, 2.45) is 0 Å². The molecule has 0 aromatic heterocycles. The zero-order valence-electron chi connectivity index (χ0n) is 5.50. The van der Waals surface area contributed by atoms with E-state index in [-0.39, 0.29) is 5.82 Å². The summed E-state index contributed by atoms with van der Waals surface area (Å²) in [5, 5.41) is 8.94. The Hall–Kier alpha value is -0.575. The Morgan fingerprint density at radius 2 is 1.91 bits per heavy atom. The minimum atomic E-state index is -1.20. The maximum atomic E-state index is 12.3. The third-order valence-corrected chi connectivity index (χ3v) is 1.41. The van der Waals surface area contributed by atoms with Crippen LogP contribution in [-0.4, -0.2) is 12.1 Å². The fourth-order valence-corrected chi connectivity index (χ4v) is 0.782. The molecule has 11 heavy (non-hydrogen) atoms. The van der Waals surface area contributed by atoms with Gasteiger partial charge in [-0.1, -0.05) is 12.1 Å². The Morgan fingerprint density at radius 3 is 2.36 bits per heavy atom. The van der Waals surface area contributed by atoms with Gasteiger partial charge in [0.1, 0.15) is 5.82 Å². The first kappa shape index (κ1) is 8.52. The highest BCUT2D eigenvalue weighted by molar-refractivity contribution is 6.63. The highest BCUT2D eigenvalue weighted by Crippen LogP contribution is 1.95. The molecule has 0 saturated heterocycles. The van der Waals surface area contributed by atoms with Crippen LogP contribution in [0.4, 0.5) is 4.39 Å². The molecule has 1 rings (SSSR count). The molecule has 0 saturated carbocycles. The summed E-state index contributed by atoms with van der Waals surface area (Å²) in [7, 11) is -1.20. The van der Waals surface area contributed by atoms with Crippen LogP contribution in [0.2, 0.25) is 0 Å². The van der Waals surface area contributed by atoms with Crippen molar-refractivity contribution in [3.05, 3.63) is 30.1 Å². The fraction of sp³-hybridized carbons (Fsp3) is 0. The van der Waals surface area contributed by atoms with Crippen LogP contribution < -0.4 is 5.46 Å². The lowest BCUT2D eigenvalue weighted by Crippen LogP contribution is -2.30. The summed E-state index contributed by atoms with van der Waals surface area (Å²) in [6, 6.07) is 5.22. The van der Waals surface area contributed by atoms with E-state index in [0.717, 1.165) is 0 Å². The molecule has 0 amide bonds. The van der Waals surface area contributed by atoms with Gasteiger partial charge in [-0.15, -0.1) is 0 Å². The van der Waals surface area contributed by atoms with Crippen LogP contribution in [-0.2, 0) is 4.21 Å². The van der Waals surface area contributed by atoms with E-state index in [0.29, 0.717) is 5.46 Å². The average molecular weight is 174 g/mol. The minimum Gasteiger partial charge on any atom is -0.422 e. The predicted octanol–water partition coefficient (Wildman–Crippen LogP) is 0.684. The van der Waals surface area contributed by atoms with Crippen molar-refractivity contribution in [2.75, 3.05) is 0 Å². The molecule has 0 spiro atoms. The second-order valence-electron chi connectivity index (χ2n) is 1.99. The van der Waals surface area contributed by atoms with Gasteiger partial charge in [-0.2, -0.15) is 0 Å². The third-order valence-electron chi connectivity index (χ3n) is 1.24. The number of benzene rings is 1. The van der Waals surface area contributed by atoms with Crippen molar-refractivity contribution in [1.29, 1.82) is 0 Å². The van der Waals surface area contributed by atoms with Gasteiger partial charge in [0.05, 0.1) is 0 Å². The van der Waals surface area contributed by atoms with Gasteiger partial charge in [0.2, 0.25) is 0 Å². The first-order chi connectivity index (χ1) is 5.24. The molecule has 1 aromatic carbocycles. The number of hydrogen-bond acceptors (Lipinski definition) is 2. The molecule has 0 atom stereocenters. The van der Waals surface area contributed by atoms with Gasteiger partial charge in [0, 0.05) is 11.9 Å². The van der Waals surface area contributed by atoms with Crippen molar-refractivity contribution in [1.82, 2.24) is 0 Å². The van der Waals surface area contributed by atoms with Crippen LogP contribution in [0, 0.1) is 5.82 Å². The molecule has 5 heteroatoms. The van der Waals surface area contributed by atoms with E-state index in [4.69, 9.17) is 16.9 Å². The topological polar surface area (TPSA) is 29.5 Å².